The number of aromatic nitrogens is 1. The fourth-order valence-electron chi connectivity index (χ4n) is 1.12. The Kier molecular flexibility index (Phi) is 4.33. The molecule has 0 saturated heterocycles. The first-order chi connectivity index (χ1) is 7.57. The van der Waals surface area contributed by atoms with Gasteiger partial charge in [0, 0.05) is 6.20 Å². The van der Waals surface area contributed by atoms with E-state index in [1.165, 1.54) is 12.3 Å². The second-order valence-electron chi connectivity index (χ2n) is 3.01. The minimum Gasteiger partial charge on any atom is -0.464 e. The Hall–Kier alpha value is -1.53. The van der Waals surface area contributed by atoms with E-state index in [0.717, 1.165) is 6.07 Å². The Labute approximate surface area is 91.5 Å². The van der Waals surface area contributed by atoms with Crippen LogP contribution in [0.2, 0.25) is 0 Å². The highest BCUT2D eigenvalue weighted by atomic mass is 19.1. The van der Waals surface area contributed by atoms with Crippen LogP contribution in [0, 0.1) is 5.82 Å². The van der Waals surface area contributed by atoms with Crippen molar-refractivity contribution in [3.63, 3.8) is 0 Å². The standard InChI is InChI=1S/C10H12FNO4/c1-2-16-10(15)9(14)8(13)7-6(11)4-3-5-12-7/h3-5,8-9,13-14H,2H2,1H3. The summed E-state index contributed by atoms with van der Waals surface area (Å²) in [5.41, 5.74) is -0.386. The van der Waals surface area contributed by atoms with Crippen LogP contribution in [-0.4, -0.2) is 33.9 Å². The number of rotatable bonds is 4. The minimum absolute atomic E-state index is 0.0628. The van der Waals surface area contributed by atoms with Gasteiger partial charge in [0.15, 0.2) is 6.10 Å². The summed E-state index contributed by atoms with van der Waals surface area (Å²) in [5.74, 6) is -1.81. The molecule has 2 atom stereocenters. The molecule has 0 aliphatic heterocycles. The Balaban J connectivity index is 2.82. The van der Waals surface area contributed by atoms with E-state index in [0.29, 0.717) is 0 Å². The van der Waals surface area contributed by atoms with Crippen molar-refractivity contribution in [2.45, 2.75) is 19.1 Å². The molecule has 0 aromatic carbocycles. The zero-order valence-electron chi connectivity index (χ0n) is 8.63. The molecule has 0 spiro atoms. The smallest absolute Gasteiger partial charge is 0.338 e. The second-order valence-corrected chi connectivity index (χ2v) is 3.01. The van der Waals surface area contributed by atoms with Crippen molar-refractivity contribution in [1.29, 1.82) is 0 Å². The lowest BCUT2D eigenvalue weighted by atomic mass is 10.1. The molecule has 0 aliphatic rings. The molecule has 0 aliphatic carbocycles. The van der Waals surface area contributed by atoms with E-state index in [1.54, 1.807) is 6.92 Å². The van der Waals surface area contributed by atoms with Gasteiger partial charge in [0.05, 0.1) is 6.61 Å². The van der Waals surface area contributed by atoms with Crippen molar-refractivity contribution < 1.29 is 24.1 Å². The van der Waals surface area contributed by atoms with Crippen LogP contribution in [-0.2, 0) is 9.53 Å². The van der Waals surface area contributed by atoms with Crippen LogP contribution in [0.3, 0.4) is 0 Å². The Morgan fingerprint density at radius 3 is 2.88 bits per heavy atom. The molecule has 88 valence electrons. The van der Waals surface area contributed by atoms with Gasteiger partial charge in [-0.2, -0.15) is 0 Å². The van der Waals surface area contributed by atoms with E-state index in [2.05, 4.69) is 9.72 Å². The number of aliphatic hydroxyl groups is 2. The second kappa shape index (κ2) is 5.53. The summed E-state index contributed by atoms with van der Waals surface area (Å²) in [5, 5.41) is 18.9. The van der Waals surface area contributed by atoms with Crippen LogP contribution in [0.4, 0.5) is 4.39 Å². The van der Waals surface area contributed by atoms with E-state index < -0.39 is 24.0 Å². The van der Waals surface area contributed by atoms with Gasteiger partial charge in [0.1, 0.15) is 17.6 Å². The van der Waals surface area contributed by atoms with Gasteiger partial charge in [-0.1, -0.05) is 0 Å². The third kappa shape index (κ3) is 2.74. The quantitative estimate of drug-likeness (QED) is 0.720. The average molecular weight is 229 g/mol. The van der Waals surface area contributed by atoms with E-state index in [4.69, 9.17) is 0 Å². The molecule has 1 heterocycles. The normalized spacial score (nSPS) is 14.2. The molecule has 0 fully saturated rings. The van der Waals surface area contributed by atoms with Crippen molar-refractivity contribution in [3.8, 4) is 0 Å². The maximum atomic E-state index is 13.2. The van der Waals surface area contributed by atoms with Crippen LogP contribution in [0.15, 0.2) is 18.3 Å². The number of nitrogens with zero attached hydrogens (tertiary/aromatic N) is 1. The van der Waals surface area contributed by atoms with Crippen molar-refractivity contribution in [3.05, 3.63) is 29.8 Å². The largest absolute Gasteiger partial charge is 0.464 e. The summed E-state index contributed by atoms with van der Waals surface area (Å²) in [6.07, 6.45) is -2.33. The highest BCUT2D eigenvalue weighted by Crippen LogP contribution is 2.18. The predicted molar refractivity (Wildman–Crippen MR) is 51.8 cm³/mol. The molecule has 0 saturated carbocycles. The molecule has 0 bridgehead atoms. The third-order valence-corrected chi connectivity index (χ3v) is 1.89. The number of aliphatic hydroxyl groups excluding tert-OH is 2. The fourth-order valence-corrected chi connectivity index (χ4v) is 1.12. The Morgan fingerprint density at radius 1 is 1.62 bits per heavy atom. The first-order valence-corrected chi connectivity index (χ1v) is 4.71. The molecule has 5 nitrogen and oxygen atoms in total. The molecular formula is C10H12FNO4. The zero-order chi connectivity index (χ0) is 12.1. The summed E-state index contributed by atoms with van der Waals surface area (Å²) in [6, 6.07) is 2.41. The van der Waals surface area contributed by atoms with E-state index >= 15 is 0 Å². The first-order valence-electron chi connectivity index (χ1n) is 4.71. The van der Waals surface area contributed by atoms with E-state index in [-0.39, 0.29) is 12.3 Å². The van der Waals surface area contributed by atoms with Crippen LogP contribution in [0.1, 0.15) is 18.7 Å². The summed E-state index contributed by atoms with van der Waals surface area (Å²) in [6.45, 7) is 1.62. The van der Waals surface area contributed by atoms with Crippen LogP contribution in [0.25, 0.3) is 0 Å². The van der Waals surface area contributed by atoms with E-state index in [1.807, 2.05) is 0 Å². The number of carbonyl (C=O) groups excluding carboxylic acids is 1. The predicted octanol–water partition coefficient (Wildman–Crippen LogP) is 0.178. The monoisotopic (exact) mass is 229 g/mol. The van der Waals surface area contributed by atoms with E-state index in [9.17, 15) is 19.4 Å². The lowest BCUT2D eigenvalue weighted by Gasteiger charge is -2.15. The molecule has 6 heteroatoms. The highest BCUT2D eigenvalue weighted by molar-refractivity contribution is 5.75. The maximum absolute atomic E-state index is 13.2. The van der Waals surface area contributed by atoms with Gasteiger partial charge < -0.3 is 14.9 Å². The molecule has 16 heavy (non-hydrogen) atoms. The van der Waals surface area contributed by atoms with Gasteiger partial charge in [0.25, 0.3) is 0 Å². The van der Waals surface area contributed by atoms with Crippen molar-refractivity contribution in [2.75, 3.05) is 6.61 Å². The maximum Gasteiger partial charge on any atom is 0.338 e. The first kappa shape index (κ1) is 12.5. The van der Waals surface area contributed by atoms with Crippen molar-refractivity contribution in [2.24, 2.45) is 0 Å². The Morgan fingerprint density at radius 2 is 2.31 bits per heavy atom. The topological polar surface area (TPSA) is 79.7 Å². The van der Waals surface area contributed by atoms with Crippen molar-refractivity contribution >= 4 is 5.97 Å². The average Bonchev–Trinajstić information content (AvgIpc) is 2.28. The lowest BCUT2D eigenvalue weighted by Crippen LogP contribution is -2.30. The van der Waals surface area contributed by atoms with Gasteiger partial charge >= 0.3 is 5.97 Å². The number of hydrogen-bond acceptors (Lipinski definition) is 5. The molecule has 1 rings (SSSR count). The minimum atomic E-state index is -1.84. The summed E-state index contributed by atoms with van der Waals surface area (Å²) in [7, 11) is 0. The number of halogens is 1. The van der Waals surface area contributed by atoms with Crippen LogP contribution < -0.4 is 0 Å². The molecule has 1 aromatic heterocycles. The fraction of sp³-hybridized carbons (Fsp3) is 0.400. The molecule has 0 radical (unpaired) electrons. The van der Waals surface area contributed by atoms with Gasteiger partial charge in [-0.05, 0) is 19.1 Å². The number of hydrogen-bond donors (Lipinski definition) is 2. The zero-order valence-corrected chi connectivity index (χ0v) is 8.63. The summed E-state index contributed by atoms with van der Waals surface area (Å²) < 4.78 is 17.7. The van der Waals surface area contributed by atoms with Gasteiger partial charge in [-0.15, -0.1) is 0 Å². The van der Waals surface area contributed by atoms with Crippen LogP contribution >= 0.6 is 0 Å². The number of carbonyl (C=O) groups is 1. The number of pyridine rings is 1. The molecule has 2 unspecified atom stereocenters. The van der Waals surface area contributed by atoms with Crippen LogP contribution in [0.5, 0.6) is 0 Å². The SMILES string of the molecule is CCOC(=O)C(O)C(O)c1ncccc1F. The highest BCUT2D eigenvalue weighted by Gasteiger charge is 2.29. The van der Waals surface area contributed by atoms with Gasteiger partial charge in [0.2, 0.25) is 0 Å². The van der Waals surface area contributed by atoms with Gasteiger partial charge in [-0.25, -0.2) is 9.18 Å². The van der Waals surface area contributed by atoms with Gasteiger partial charge in [-0.3, -0.25) is 4.98 Å². The molecule has 0 amide bonds. The van der Waals surface area contributed by atoms with Crippen molar-refractivity contribution in [1.82, 2.24) is 4.98 Å². The number of ether oxygens (including phenoxy) is 1. The lowest BCUT2D eigenvalue weighted by molar-refractivity contribution is -0.159. The third-order valence-electron chi connectivity index (χ3n) is 1.89. The molecule has 2 N–H and O–H groups in total. The summed E-state index contributed by atoms with van der Waals surface area (Å²) >= 11 is 0. The molecular weight excluding hydrogens is 217 g/mol. The summed E-state index contributed by atoms with van der Waals surface area (Å²) in [4.78, 5) is 14.6. The number of esters is 1. The molecule has 1 aromatic rings. The Bertz CT molecular complexity index is 372.